The van der Waals surface area contributed by atoms with Crippen molar-refractivity contribution in [2.75, 3.05) is 20.3 Å². The fraction of sp³-hybridized carbons (Fsp3) is 0.739. The zero-order valence-electron chi connectivity index (χ0n) is 18.2. The molecule has 2 saturated carbocycles. The first-order valence-corrected chi connectivity index (χ1v) is 12.3. The van der Waals surface area contributed by atoms with Gasteiger partial charge in [0, 0.05) is 28.9 Å². The summed E-state index contributed by atoms with van der Waals surface area (Å²) in [6.07, 6.45) is 8.95. The minimum atomic E-state index is -0.374. The summed E-state index contributed by atoms with van der Waals surface area (Å²) in [5.74, 6) is 0.876. The summed E-state index contributed by atoms with van der Waals surface area (Å²) >= 11 is 1.90. The van der Waals surface area contributed by atoms with Crippen molar-refractivity contribution >= 4 is 23.3 Å². The highest BCUT2D eigenvalue weighted by Gasteiger charge is 2.40. The van der Waals surface area contributed by atoms with Gasteiger partial charge in [0.15, 0.2) is 0 Å². The van der Waals surface area contributed by atoms with Gasteiger partial charge in [-0.15, -0.1) is 11.3 Å². The summed E-state index contributed by atoms with van der Waals surface area (Å²) < 4.78 is 10.5. The molecule has 6 nitrogen and oxygen atoms in total. The molecule has 1 N–H and O–H groups in total. The van der Waals surface area contributed by atoms with Gasteiger partial charge in [-0.2, -0.15) is 0 Å². The molecule has 30 heavy (non-hydrogen) atoms. The van der Waals surface area contributed by atoms with Gasteiger partial charge in [0.25, 0.3) is 5.91 Å². The number of nitrogens with zero attached hydrogens (tertiary/aromatic N) is 1. The summed E-state index contributed by atoms with van der Waals surface area (Å²) in [5, 5.41) is 2.76. The van der Waals surface area contributed by atoms with E-state index in [1.165, 1.54) is 35.3 Å². The second-order valence-electron chi connectivity index (χ2n) is 8.84. The Hall–Kier alpha value is -1.60. The van der Waals surface area contributed by atoms with E-state index in [9.17, 15) is 9.59 Å². The number of amides is 2. The van der Waals surface area contributed by atoms with Crippen LogP contribution in [0.3, 0.4) is 0 Å². The van der Waals surface area contributed by atoms with Crippen molar-refractivity contribution in [2.45, 2.75) is 88.8 Å². The van der Waals surface area contributed by atoms with Gasteiger partial charge in [-0.3, -0.25) is 4.79 Å². The lowest BCUT2D eigenvalue weighted by Crippen LogP contribution is -2.44. The van der Waals surface area contributed by atoms with Crippen LogP contribution in [0, 0.1) is 0 Å². The van der Waals surface area contributed by atoms with Crippen molar-refractivity contribution in [3.05, 3.63) is 21.4 Å². The first kappa shape index (κ1) is 21.6. The lowest BCUT2D eigenvalue weighted by molar-refractivity contribution is -0.149. The standard InChI is InChI=1S/C23H34N2O4S/c1-15(25(18-10-11-18)22(26)19-7-3-4-13-29-19)20-14-17(21(30-20)16-8-9-16)6-5-12-24-23(27)28-2/h14-16,18-19H,3-13H2,1-2H3,(H,24,27)/t15?,19-/m1/s1. The highest BCUT2D eigenvalue weighted by Crippen LogP contribution is 2.48. The van der Waals surface area contributed by atoms with Crippen LogP contribution < -0.4 is 5.32 Å². The van der Waals surface area contributed by atoms with Crippen LogP contribution in [-0.2, 0) is 20.7 Å². The Labute approximate surface area is 183 Å². The van der Waals surface area contributed by atoms with Gasteiger partial charge in [0.2, 0.25) is 0 Å². The van der Waals surface area contributed by atoms with Crippen LogP contribution in [0.5, 0.6) is 0 Å². The third-order valence-electron chi connectivity index (χ3n) is 6.37. The first-order valence-electron chi connectivity index (χ1n) is 11.5. The van der Waals surface area contributed by atoms with E-state index < -0.39 is 0 Å². The van der Waals surface area contributed by atoms with Gasteiger partial charge >= 0.3 is 6.09 Å². The Kier molecular flexibility index (Phi) is 6.98. The number of alkyl carbamates (subject to hydrolysis) is 1. The molecule has 0 aromatic carbocycles. The van der Waals surface area contributed by atoms with Crippen molar-refractivity contribution in [3.8, 4) is 0 Å². The summed E-state index contributed by atoms with van der Waals surface area (Å²) in [6.45, 7) is 3.51. The van der Waals surface area contributed by atoms with Crippen LogP contribution in [0.4, 0.5) is 4.79 Å². The number of nitrogens with one attached hydrogen (secondary N) is 1. The summed E-state index contributed by atoms with van der Waals surface area (Å²) in [5.41, 5.74) is 1.40. The Morgan fingerprint density at radius 1 is 1.27 bits per heavy atom. The maximum atomic E-state index is 13.3. The third kappa shape index (κ3) is 5.17. The zero-order chi connectivity index (χ0) is 21.1. The molecule has 0 spiro atoms. The molecule has 2 atom stereocenters. The molecule has 1 aromatic rings. The molecule has 3 aliphatic rings. The molecule has 0 radical (unpaired) electrons. The molecule has 1 aliphatic heterocycles. The van der Waals surface area contributed by atoms with E-state index >= 15 is 0 Å². The third-order valence-corrected chi connectivity index (χ3v) is 7.88. The van der Waals surface area contributed by atoms with Gasteiger partial charge < -0.3 is 19.7 Å². The van der Waals surface area contributed by atoms with Crippen molar-refractivity contribution in [3.63, 3.8) is 0 Å². The van der Waals surface area contributed by atoms with Crippen LogP contribution in [0.1, 0.15) is 85.6 Å². The minimum Gasteiger partial charge on any atom is -0.453 e. The number of hydrogen-bond acceptors (Lipinski definition) is 5. The average Bonchev–Trinajstić information content (AvgIpc) is 3.71. The normalized spacial score (nSPS) is 22.4. The lowest BCUT2D eigenvalue weighted by atomic mass is 10.0. The minimum absolute atomic E-state index is 0.0972. The summed E-state index contributed by atoms with van der Waals surface area (Å²) in [7, 11) is 1.39. The topological polar surface area (TPSA) is 67.9 Å². The second kappa shape index (κ2) is 9.69. The Bertz CT molecular complexity index is 750. The van der Waals surface area contributed by atoms with Crippen molar-refractivity contribution < 1.29 is 19.1 Å². The molecule has 1 unspecified atom stereocenters. The van der Waals surface area contributed by atoms with Crippen molar-refractivity contribution in [1.82, 2.24) is 10.2 Å². The number of ether oxygens (including phenoxy) is 2. The first-order chi connectivity index (χ1) is 14.6. The highest BCUT2D eigenvalue weighted by atomic mass is 32.1. The maximum absolute atomic E-state index is 13.3. The molecule has 166 valence electrons. The molecule has 3 fully saturated rings. The molecule has 7 heteroatoms. The van der Waals surface area contributed by atoms with E-state index in [0.717, 1.165) is 44.9 Å². The largest absolute Gasteiger partial charge is 0.453 e. The molecule has 0 bridgehead atoms. The molecule has 2 heterocycles. The monoisotopic (exact) mass is 434 g/mol. The molecule has 2 amide bonds. The van der Waals surface area contributed by atoms with Crippen molar-refractivity contribution in [1.29, 1.82) is 0 Å². The van der Waals surface area contributed by atoms with Gasteiger partial charge in [-0.1, -0.05) is 0 Å². The smallest absolute Gasteiger partial charge is 0.406 e. The van der Waals surface area contributed by atoms with E-state index in [-0.39, 0.29) is 24.1 Å². The van der Waals surface area contributed by atoms with Gasteiger partial charge in [-0.05, 0) is 82.3 Å². The van der Waals surface area contributed by atoms with Gasteiger partial charge in [0.1, 0.15) is 6.10 Å². The van der Waals surface area contributed by atoms with Crippen LogP contribution >= 0.6 is 11.3 Å². The number of rotatable bonds is 9. The van der Waals surface area contributed by atoms with Crippen LogP contribution in [-0.4, -0.2) is 49.3 Å². The number of carbonyl (C=O) groups excluding carboxylic acids is 2. The number of methoxy groups -OCH3 is 1. The average molecular weight is 435 g/mol. The van der Waals surface area contributed by atoms with Gasteiger partial charge in [0.05, 0.1) is 13.2 Å². The second-order valence-corrected chi connectivity index (χ2v) is 9.96. The lowest BCUT2D eigenvalue weighted by Gasteiger charge is -2.33. The number of carbonyl (C=O) groups is 2. The predicted molar refractivity (Wildman–Crippen MR) is 117 cm³/mol. The maximum Gasteiger partial charge on any atom is 0.406 e. The molecule has 1 saturated heterocycles. The van der Waals surface area contributed by atoms with Crippen LogP contribution in [0.25, 0.3) is 0 Å². The van der Waals surface area contributed by atoms with E-state index in [1.54, 1.807) is 0 Å². The molecule has 2 aliphatic carbocycles. The zero-order valence-corrected chi connectivity index (χ0v) is 19.0. The predicted octanol–water partition coefficient (Wildman–Crippen LogP) is 4.54. The SMILES string of the molecule is COC(=O)NCCCc1cc(C(C)N(C(=O)[C@H]2CCCCO2)C2CC2)sc1C1CC1. The molecular weight excluding hydrogens is 400 g/mol. The number of hydrogen-bond donors (Lipinski definition) is 1. The van der Waals surface area contributed by atoms with E-state index in [4.69, 9.17) is 4.74 Å². The van der Waals surface area contributed by atoms with Crippen LogP contribution in [0.2, 0.25) is 0 Å². The van der Waals surface area contributed by atoms with Crippen molar-refractivity contribution in [2.24, 2.45) is 0 Å². The van der Waals surface area contributed by atoms with E-state index in [2.05, 4.69) is 27.9 Å². The fourth-order valence-electron chi connectivity index (χ4n) is 4.38. The van der Waals surface area contributed by atoms with E-state index in [1.807, 2.05) is 11.3 Å². The highest BCUT2D eigenvalue weighted by molar-refractivity contribution is 7.12. The number of thiophene rings is 1. The Balaban J connectivity index is 1.44. The molecule has 4 rings (SSSR count). The van der Waals surface area contributed by atoms with E-state index in [0.29, 0.717) is 25.1 Å². The quantitative estimate of drug-likeness (QED) is 0.580. The van der Waals surface area contributed by atoms with Gasteiger partial charge in [-0.25, -0.2) is 4.79 Å². The van der Waals surface area contributed by atoms with Crippen LogP contribution in [0.15, 0.2) is 6.07 Å². The molecule has 1 aromatic heterocycles. The fourth-order valence-corrected chi connectivity index (χ4v) is 5.81. The number of aryl methyl sites for hydroxylation is 1. The summed E-state index contributed by atoms with van der Waals surface area (Å²) in [6, 6.07) is 2.79. The molecular formula is C23H34N2O4S. The summed E-state index contributed by atoms with van der Waals surface area (Å²) in [4.78, 5) is 29.5. The Morgan fingerprint density at radius 2 is 2.07 bits per heavy atom. The Morgan fingerprint density at radius 3 is 2.70 bits per heavy atom.